The van der Waals surface area contributed by atoms with Gasteiger partial charge >= 0.3 is 12.2 Å². The largest absolute Gasteiger partial charge is 0.461 e. The van der Waals surface area contributed by atoms with Crippen LogP contribution in [-0.2, 0) is 19.1 Å². The van der Waals surface area contributed by atoms with Gasteiger partial charge in [-0.3, -0.25) is 9.69 Å². The third-order valence-corrected chi connectivity index (χ3v) is 12.3. The molecule has 3 aliphatic heterocycles. The molecule has 276 valence electrons. The average Bonchev–Trinajstić information content (AvgIpc) is 3.87. The summed E-state index contributed by atoms with van der Waals surface area (Å²) in [6.07, 6.45) is -4.17. The van der Waals surface area contributed by atoms with Crippen molar-refractivity contribution in [3.63, 3.8) is 0 Å². The average molecular weight is 773 g/mol. The molecule has 5 aromatic rings. The monoisotopic (exact) mass is 772 g/mol. The molecule has 2 N–H and O–H groups in total. The van der Waals surface area contributed by atoms with Gasteiger partial charge in [-0.05, 0) is 37.1 Å². The van der Waals surface area contributed by atoms with Crippen molar-refractivity contribution >= 4 is 60.4 Å². The number of amides is 1. The highest BCUT2D eigenvalue weighted by atomic mass is 32.1. The second-order valence-electron chi connectivity index (χ2n) is 13.7. The summed E-state index contributed by atoms with van der Waals surface area (Å²) in [6.45, 7) is 1.21. The van der Waals surface area contributed by atoms with Crippen LogP contribution in [0.4, 0.5) is 37.2 Å². The molecule has 3 aliphatic rings. The molecule has 2 saturated heterocycles. The van der Waals surface area contributed by atoms with Gasteiger partial charge in [0.2, 0.25) is 0 Å². The number of carbonyl (C=O) groups excluding carboxylic acids is 1. The molecule has 1 amide bonds. The molecule has 8 rings (SSSR count). The number of thiophene rings is 1. The van der Waals surface area contributed by atoms with E-state index in [-0.39, 0.29) is 87.0 Å². The van der Waals surface area contributed by atoms with E-state index >= 15 is 17.6 Å². The first-order valence-electron chi connectivity index (χ1n) is 16.7. The molecule has 0 bridgehead atoms. The Morgan fingerprint density at radius 3 is 2.72 bits per heavy atom. The Bertz CT molecular complexity index is 2370. The van der Waals surface area contributed by atoms with Crippen molar-refractivity contribution in [2.45, 2.75) is 50.1 Å². The van der Waals surface area contributed by atoms with Crippen LogP contribution in [0.2, 0.25) is 0 Å². The predicted octanol–water partition coefficient (Wildman–Crippen LogP) is 6.94. The van der Waals surface area contributed by atoms with Crippen LogP contribution >= 0.6 is 22.7 Å². The second-order valence-corrected chi connectivity index (χ2v) is 15.8. The summed E-state index contributed by atoms with van der Waals surface area (Å²) in [5.74, 6) is -2.56. The van der Waals surface area contributed by atoms with Crippen LogP contribution in [0.5, 0.6) is 6.01 Å². The fraction of sp³-hybridized carbons (Fsp3) is 0.400. The lowest BCUT2D eigenvalue weighted by Gasteiger charge is -2.31. The third kappa shape index (κ3) is 5.80. The summed E-state index contributed by atoms with van der Waals surface area (Å²) in [7, 11) is 3.19. The van der Waals surface area contributed by atoms with Gasteiger partial charge in [-0.2, -0.15) is 28.4 Å². The zero-order valence-corrected chi connectivity index (χ0v) is 29.9. The van der Waals surface area contributed by atoms with Gasteiger partial charge in [0.15, 0.2) is 10.8 Å². The molecule has 10 nitrogen and oxygen atoms in total. The first-order valence-corrected chi connectivity index (χ1v) is 18.3. The van der Waals surface area contributed by atoms with Crippen LogP contribution in [0.1, 0.15) is 50.8 Å². The predicted molar refractivity (Wildman–Crippen MR) is 188 cm³/mol. The Morgan fingerprint density at radius 1 is 1.19 bits per heavy atom. The van der Waals surface area contributed by atoms with Crippen LogP contribution in [-0.4, -0.2) is 82.7 Å². The number of nitrogen functional groups attached to an aromatic ring is 1. The minimum atomic E-state index is -5.13. The number of benzene rings is 2. The van der Waals surface area contributed by atoms with Crippen molar-refractivity contribution in [2.24, 2.45) is 0 Å². The van der Waals surface area contributed by atoms with Crippen molar-refractivity contribution in [3.05, 3.63) is 56.5 Å². The standard InChI is InChI=1S/C35H30F6N8O2S2/c1-47(2)32(50)31-44-22-6-9-48(14-23(22)52-31)30-18-10-20(35(39,40)41)25(17-4-5-21(37)28-24(17)19(12-42)29(43)53-28)26(38)27(18)45-33(46-30)51-15-34-7-3-8-49(34)13-16(36)11-34/h4-5,10,16H,3,6-9,11,13-15,43H2,1-2H3. The number of nitriles is 1. The van der Waals surface area contributed by atoms with Crippen molar-refractivity contribution in [1.82, 2.24) is 24.8 Å². The van der Waals surface area contributed by atoms with Gasteiger partial charge in [0.05, 0.1) is 33.6 Å². The minimum Gasteiger partial charge on any atom is -0.461 e. The van der Waals surface area contributed by atoms with E-state index in [1.807, 2.05) is 11.0 Å². The van der Waals surface area contributed by atoms with Gasteiger partial charge in [0.1, 0.15) is 41.0 Å². The fourth-order valence-electron chi connectivity index (χ4n) is 7.80. The Labute approximate surface area is 306 Å². The summed E-state index contributed by atoms with van der Waals surface area (Å²) in [4.78, 5) is 31.8. The first kappa shape index (κ1) is 35.3. The van der Waals surface area contributed by atoms with Crippen LogP contribution in [0, 0.1) is 23.0 Å². The Morgan fingerprint density at radius 2 is 1.98 bits per heavy atom. The normalized spacial score (nSPS) is 20.2. The number of fused-ring (bicyclic) bond motifs is 4. The van der Waals surface area contributed by atoms with Crippen molar-refractivity contribution in [2.75, 3.05) is 51.0 Å². The number of rotatable bonds is 6. The number of halogens is 6. The van der Waals surface area contributed by atoms with E-state index < -0.39 is 46.2 Å². The first-order chi connectivity index (χ1) is 25.2. The van der Waals surface area contributed by atoms with Gasteiger partial charge in [0.25, 0.3) is 5.91 Å². The van der Waals surface area contributed by atoms with Crippen LogP contribution < -0.4 is 15.4 Å². The lowest BCUT2D eigenvalue weighted by molar-refractivity contribution is -0.137. The Kier molecular flexibility index (Phi) is 8.46. The minimum absolute atomic E-state index is 0.0270. The van der Waals surface area contributed by atoms with Gasteiger partial charge < -0.3 is 20.3 Å². The molecular formula is C35H30F6N8O2S2. The number of anilines is 2. The summed E-state index contributed by atoms with van der Waals surface area (Å²) in [5, 5.41) is 9.47. The maximum atomic E-state index is 17.2. The lowest BCUT2D eigenvalue weighted by atomic mass is 9.92. The molecule has 2 aromatic carbocycles. The molecule has 0 saturated carbocycles. The lowest BCUT2D eigenvalue weighted by Crippen LogP contribution is -2.43. The number of nitrogens with two attached hydrogens (primary N) is 1. The highest BCUT2D eigenvalue weighted by Crippen LogP contribution is 2.48. The highest BCUT2D eigenvalue weighted by molar-refractivity contribution is 7.23. The quantitative estimate of drug-likeness (QED) is 0.183. The van der Waals surface area contributed by atoms with E-state index in [4.69, 9.17) is 10.5 Å². The molecule has 2 fully saturated rings. The number of thiazole rings is 1. The molecule has 53 heavy (non-hydrogen) atoms. The number of hydrogen-bond donors (Lipinski definition) is 1. The van der Waals surface area contributed by atoms with E-state index in [0.717, 1.165) is 36.0 Å². The third-order valence-electron chi connectivity index (χ3n) is 10.2. The number of alkyl halides is 4. The van der Waals surface area contributed by atoms with Gasteiger partial charge in [-0.25, -0.2) is 18.2 Å². The molecule has 0 radical (unpaired) electrons. The Balaban J connectivity index is 1.32. The topological polar surface area (TPSA) is 124 Å². The molecule has 0 spiro atoms. The van der Waals surface area contributed by atoms with E-state index in [9.17, 15) is 18.8 Å². The fourth-order valence-corrected chi connectivity index (χ4v) is 9.89. The van der Waals surface area contributed by atoms with Crippen molar-refractivity contribution in [3.8, 4) is 23.2 Å². The van der Waals surface area contributed by atoms with E-state index in [0.29, 0.717) is 41.3 Å². The smallest absolute Gasteiger partial charge is 0.417 e. The second kappa shape index (κ2) is 12.7. The van der Waals surface area contributed by atoms with Crippen LogP contribution in [0.3, 0.4) is 0 Å². The maximum absolute atomic E-state index is 17.2. The highest BCUT2D eigenvalue weighted by Gasteiger charge is 2.49. The Hall–Kier alpha value is -4.73. The summed E-state index contributed by atoms with van der Waals surface area (Å²) in [6, 6.07) is 4.16. The number of nitrogens with zero attached hydrogens (tertiary/aromatic N) is 7. The van der Waals surface area contributed by atoms with Crippen LogP contribution in [0.15, 0.2) is 18.2 Å². The number of aromatic nitrogens is 3. The van der Waals surface area contributed by atoms with Crippen LogP contribution in [0.25, 0.3) is 32.1 Å². The summed E-state index contributed by atoms with van der Waals surface area (Å²) >= 11 is 1.83. The van der Waals surface area contributed by atoms with Crippen molar-refractivity contribution < 1.29 is 35.9 Å². The zero-order chi connectivity index (χ0) is 37.6. The van der Waals surface area contributed by atoms with Gasteiger partial charge in [-0.1, -0.05) is 6.07 Å². The number of carbonyl (C=O) groups is 1. The van der Waals surface area contributed by atoms with Gasteiger partial charge in [0, 0.05) is 61.2 Å². The molecule has 18 heteroatoms. The van der Waals surface area contributed by atoms with E-state index in [1.165, 1.54) is 4.90 Å². The van der Waals surface area contributed by atoms with E-state index in [1.54, 1.807) is 19.0 Å². The molecule has 0 aliphatic carbocycles. The molecule has 2 unspecified atom stereocenters. The number of hydrogen-bond acceptors (Lipinski definition) is 11. The molecular weight excluding hydrogens is 743 g/mol. The zero-order valence-electron chi connectivity index (χ0n) is 28.3. The molecule has 6 heterocycles. The SMILES string of the molecule is CN(C)C(=O)c1nc2c(s1)CN(c1nc(OCC34CCCN3CC(F)C4)nc3c(F)c(-c4ccc(F)c5sc(N)c(C#N)c45)c(C(F)(F)F)cc13)CC2. The molecule has 2 atom stereocenters. The summed E-state index contributed by atoms with van der Waals surface area (Å²) < 4.78 is 97.9. The van der Waals surface area contributed by atoms with Crippen molar-refractivity contribution in [1.29, 1.82) is 5.26 Å². The maximum Gasteiger partial charge on any atom is 0.417 e. The summed E-state index contributed by atoms with van der Waals surface area (Å²) in [5.41, 5.74) is 2.52. The van der Waals surface area contributed by atoms with Gasteiger partial charge in [-0.15, -0.1) is 22.7 Å². The number of ether oxygens (including phenoxy) is 1. The van der Waals surface area contributed by atoms with E-state index in [2.05, 4.69) is 15.0 Å². The molecule has 3 aromatic heterocycles.